The summed E-state index contributed by atoms with van der Waals surface area (Å²) < 4.78 is 14.1. The zero-order chi connectivity index (χ0) is 27.9. The highest BCUT2D eigenvalue weighted by atomic mass is 16.5. The summed E-state index contributed by atoms with van der Waals surface area (Å²) in [6.07, 6.45) is 0. The SMILES string of the molecule is COC(=O)C(C)(C)C(C)(C)C.COC(=O)C(C)(C)C(C)(C)C.COC(=O)C(C)(C)C(C)(C)C. The lowest BCUT2D eigenvalue weighted by molar-refractivity contribution is -0.157. The maximum Gasteiger partial charge on any atom is 0.311 e. The molecule has 0 saturated heterocycles. The van der Waals surface area contributed by atoms with E-state index in [4.69, 9.17) is 14.2 Å². The molecule has 6 heteroatoms. The quantitative estimate of drug-likeness (QED) is 0.335. The van der Waals surface area contributed by atoms with Crippen LogP contribution >= 0.6 is 0 Å². The van der Waals surface area contributed by atoms with Crippen LogP contribution in [0, 0.1) is 32.5 Å². The first-order valence-corrected chi connectivity index (χ1v) is 11.4. The van der Waals surface area contributed by atoms with E-state index in [0.717, 1.165) is 0 Å². The van der Waals surface area contributed by atoms with Crippen molar-refractivity contribution in [1.82, 2.24) is 0 Å². The fourth-order valence-corrected chi connectivity index (χ4v) is 1.68. The fourth-order valence-electron chi connectivity index (χ4n) is 1.68. The van der Waals surface area contributed by atoms with Gasteiger partial charge in [0.1, 0.15) is 0 Å². The molecular formula is C27H54O6. The van der Waals surface area contributed by atoms with Crippen LogP contribution in [0.5, 0.6) is 0 Å². The zero-order valence-electron chi connectivity index (χ0n) is 24.9. The van der Waals surface area contributed by atoms with Gasteiger partial charge < -0.3 is 14.2 Å². The molecule has 0 spiro atoms. The van der Waals surface area contributed by atoms with E-state index in [-0.39, 0.29) is 34.2 Å². The summed E-state index contributed by atoms with van der Waals surface area (Å²) in [5.41, 5.74) is -1.41. The van der Waals surface area contributed by atoms with Crippen molar-refractivity contribution >= 4 is 17.9 Å². The van der Waals surface area contributed by atoms with E-state index in [0.29, 0.717) is 0 Å². The minimum absolute atomic E-state index is 0.0555. The Bertz CT molecular complexity index is 545. The van der Waals surface area contributed by atoms with Crippen molar-refractivity contribution in [2.75, 3.05) is 21.3 Å². The molecule has 0 aromatic rings. The van der Waals surface area contributed by atoms with Crippen LogP contribution in [0.4, 0.5) is 0 Å². The summed E-state index contributed by atoms with van der Waals surface area (Å²) in [6, 6.07) is 0. The average Bonchev–Trinajstić information content (AvgIpc) is 2.63. The van der Waals surface area contributed by atoms with Gasteiger partial charge >= 0.3 is 17.9 Å². The van der Waals surface area contributed by atoms with Gasteiger partial charge in [-0.25, -0.2) is 0 Å². The van der Waals surface area contributed by atoms with E-state index < -0.39 is 16.2 Å². The minimum Gasteiger partial charge on any atom is -0.469 e. The first kappa shape index (κ1) is 36.0. The Labute approximate surface area is 204 Å². The standard InChI is InChI=1S/3C9H18O2/c3*1-8(2,3)9(4,5)7(10)11-6/h3*1-6H3. The molecule has 0 aromatic carbocycles. The number of ether oxygens (including phenoxy) is 3. The maximum atomic E-state index is 11.3. The van der Waals surface area contributed by atoms with E-state index in [1.807, 2.05) is 104 Å². The Balaban J connectivity index is -0.000000409. The molecule has 0 aromatic heterocycles. The van der Waals surface area contributed by atoms with Crippen LogP contribution < -0.4 is 0 Å². The smallest absolute Gasteiger partial charge is 0.311 e. The number of esters is 3. The van der Waals surface area contributed by atoms with E-state index >= 15 is 0 Å². The van der Waals surface area contributed by atoms with Crippen LogP contribution in [0.3, 0.4) is 0 Å². The molecule has 0 heterocycles. The summed E-state index contributed by atoms with van der Waals surface area (Å²) in [7, 11) is 4.28. The van der Waals surface area contributed by atoms with Crippen molar-refractivity contribution in [3.63, 3.8) is 0 Å². The van der Waals surface area contributed by atoms with Crippen molar-refractivity contribution in [3.05, 3.63) is 0 Å². The van der Waals surface area contributed by atoms with Gasteiger partial charge in [0, 0.05) is 0 Å². The third-order valence-corrected chi connectivity index (χ3v) is 7.71. The van der Waals surface area contributed by atoms with E-state index in [2.05, 4.69) is 0 Å². The number of carbonyl (C=O) groups excluding carboxylic acids is 3. The molecule has 0 aliphatic carbocycles. The number of hydrogen-bond acceptors (Lipinski definition) is 6. The topological polar surface area (TPSA) is 78.9 Å². The molecule has 0 unspecified atom stereocenters. The normalized spacial score (nSPS) is 12.9. The summed E-state index contributed by atoms with van der Waals surface area (Å²) in [4.78, 5) is 33.8. The van der Waals surface area contributed by atoms with Gasteiger partial charge in [-0.1, -0.05) is 62.3 Å². The lowest BCUT2D eigenvalue weighted by Gasteiger charge is -2.35. The van der Waals surface area contributed by atoms with Crippen molar-refractivity contribution in [2.24, 2.45) is 32.5 Å². The Morgan fingerprint density at radius 2 is 0.485 bits per heavy atom. The van der Waals surface area contributed by atoms with Crippen LogP contribution in [-0.2, 0) is 28.6 Å². The predicted octanol–water partition coefficient (Wildman–Crippen LogP) is 6.70. The second-order valence-corrected chi connectivity index (χ2v) is 13.1. The molecule has 33 heavy (non-hydrogen) atoms. The number of hydrogen-bond donors (Lipinski definition) is 0. The molecule has 0 saturated carbocycles. The van der Waals surface area contributed by atoms with E-state index in [1.165, 1.54) is 21.3 Å². The third-order valence-electron chi connectivity index (χ3n) is 7.71. The largest absolute Gasteiger partial charge is 0.469 e. The number of carbonyl (C=O) groups is 3. The Kier molecular flexibility index (Phi) is 13.3. The van der Waals surface area contributed by atoms with Gasteiger partial charge in [-0.3, -0.25) is 14.4 Å². The molecule has 0 aliphatic rings. The molecular weight excluding hydrogens is 420 g/mol. The molecule has 0 aliphatic heterocycles. The highest BCUT2D eigenvalue weighted by molar-refractivity contribution is 5.77. The lowest BCUT2D eigenvalue weighted by atomic mass is 9.69. The van der Waals surface area contributed by atoms with Gasteiger partial charge in [-0.05, 0) is 57.8 Å². The minimum atomic E-state index is -0.415. The van der Waals surface area contributed by atoms with E-state index in [1.54, 1.807) is 0 Å². The second kappa shape index (κ2) is 12.2. The molecule has 0 radical (unpaired) electrons. The van der Waals surface area contributed by atoms with Crippen LogP contribution in [0.15, 0.2) is 0 Å². The van der Waals surface area contributed by atoms with Crippen molar-refractivity contribution < 1.29 is 28.6 Å². The average molecular weight is 475 g/mol. The van der Waals surface area contributed by atoms with Gasteiger partial charge in [-0.2, -0.15) is 0 Å². The number of rotatable bonds is 3. The fraction of sp³-hybridized carbons (Fsp3) is 0.889. The van der Waals surface area contributed by atoms with Gasteiger partial charge in [0.05, 0.1) is 37.6 Å². The Morgan fingerprint density at radius 3 is 0.515 bits per heavy atom. The summed E-state index contributed by atoms with van der Waals surface area (Å²) in [6.45, 7) is 29.7. The Morgan fingerprint density at radius 1 is 0.364 bits per heavy atom. The van der Waals surface area contributed by atoms with Crippen LogP contribution in [-0.4, -0.2) is 39.2 Å². The lowest BCUT2D eigenvalue weighted by Crippen LogP contribution is -2.38. The molecule has 0 bridgehead atoms. The van der Waals surface area contributed by atoms with Crippen molar-refractivity contribution in [1.29, 1.82) is 0 Å². The van der Waals surface area contributed by atoms with Crippen LogP contribution in [0.1, 0.15) is 104 Å². The second-order valence-electron chi connectivity index (χ2n) is 13.1. The molecule has 0 rings (SSSR count). The van der Waals surface area contributed by atoms with Crippen LogP contribution in [0.2, 0.25) is 0 Å². The van der Waals surface area contributed by atoms with Gasteiger partial charge in [-0.15, -0.1) is 0 Å². The molecule has 198 valence electrons. The monoisotopic (exact) mass is 474 g/mol. The first-order chi connectivity index (χ1) is 14.2. The van der Waals surface area contributed by atoms with E-state index in [9.17, 15) is 14.4 Å². The zero-order valence-corrected chi connectivity index (χ0v) is 24.9. The van der Waals surface area contributed by atoms with Gasteiger partial charge in [0.15, 0.2) is 0 Å². The summed E-state index contributed by atoms with van der Waals surface area (Å²) >= 11 is 0. The molecule has 0 fully saturated rings. The predicted molar refractivity (Wildman–Crippen MR) is 136 cm³/mol. The third kappa shape index (κ3) is 10.1. The highest BCUT2D eigenvalue weighted by Crippen LogP contribution is 2.40. The first-order valence-electron chi connectivity index (χ1n) is 11.4. The molecule has 6 nitrogen and oxygen atoms in total. The Hall–Kier alpha value is -1.59. The van der Waals surface area contributed by atoms with Crippen LogP contribution in [0.25, 0.3) is 0 Å². The highest BCUT2D eigenvalue weighted by Gasteiger charge is 2.42. The molecule has 0 atom stereocenters. The summed E-state index contributed by atoms with van der Waals surface area (Å²) in [5, 5.41) is 0. The summed E-state index contributed by atoms with van der Waals surface area (Å²) in [5.74, 6) is -0.444. The maximum absolute atomic E-state index is 11.3. The molecule has 0 amide bonds. The van der Waals surface area contributed by atoms with Crippen molar-refractivity contribution in [3.8, 4) is 0 Å². The number of methoxy groups -OCH3 is 3. The van der Waals surface area contributed by atoms with Gasteiger partial charge in [0.25, 0.3) is 0 Å². The van der Waals surface area contributed by atoms with Gasteiger partial charge in [0.2, 0.25) is 0 Å². The van der Waals surface area contributed by atoms with Crippen molar-refractivity contribution in [2.45, 2.75) is 104 Å². The molecule has 0 N–H and O–H groups in total.